The Kier molecular flexibility index (Phi) is 8.57. The number of hydrogen-bond acceptors (Lipinski definition) is 8. The molecule has 3 heterocycles. The molecule has 0 spiro atoms. The van der Waals surface area contributed by atoms with Crippen LogP contribution >= 0.6 is 11.3 Å². The van der Waals surface area contributed by atoms with Gasteiger partial charge in [-0.25, -0.2) is 14.2 Å². The molecule has 1 aliphatic heterocycles. The molecule has 4 aromatic rings. The molecule has 2 aliphatic rings. The van der Waals surface area contributed by atoms with Crippen molar-refractivity contribution >= 4 is 22.4 Å². The molecule has 2 aromatic heterocycles. The Hall–Kier alpha value is -3.97. The van der Waals surface area contributed by atoms with E-state index in [9.17, 15) is 22.4 Å². The molecule has 13 heteroatoms. The maximum Gasteiger partial charge on any atom is 0.573 e. The molecular weight excluding hydrogens is 614 g/mol. The second-order valence-corrected chi connectivity index (χ2v) is 12.3. The van der Waals surface area contributed by atoms with Gasteiger partial charge in [-0.1, -0.05) is 24.2 Å². The van der Waals surface area contributed by atoms with Crippen LogP contribution in [0.2, 0.25) is 0 Å². The summed E-state index contributed by atoms with van der Waals surface area (Å²) in [7, 11) is 0. The average molecular weight is 646 g/mol. The molecule has 6 rings (SSSR count). The normalized spacial score (nSPS) is 20.4. The highest BCUT2D eigenvalue weighted by Gasteiger charge is 2.38. The van der Waals surface area contributed by atoms with E-state index in [-0.39, 0.29) is 58.8 Å². The number of aromatic nitrogens is 2. The molecule has 1 saturated carbocycles. The van der Waals surface area contributed by atoms with Crippen LogP contribution in [0.25, 0.3) is 22.5 Å². The molecule has 8 nitrogen and oxygen atoms in total. The number of anilines is 1. The number of hydrogen-bond donors (Lipinski definition) is 1. The first-order chi connectivity index (χ1) is 21.5. The number of ether oxygens (including phenoxy) is 2. The number of rotatable bonds is 10. The lowest BCUT2D eigenvalue weighted by Gasteiger charge is -2.43. The van der Waals surface area contributed by atoms with Crippen LogP contribution in [0.1, 0.15) is 73.6 Å². The Morgan fingerprint density at radius 2 is 1.93 bits per heavy atom. The number of carboxylic acids is 1. The van der Waals surface area contributed by atoms with Crippen molar-refractivity contribution in [2.75, 3.05) is 4.90 Å². The summed E-state index contributed by atoms with van der Waals surface area (Å²) in [6.45, 7) is 4.28. The standard InChI is InChI=1S/C32H31F4N3O5S/c1-3-20-14-21(12-17(2)39(20)31-37-26(16-45-31)22-11-10-19(30(40)41)13-25(22)33)42-15-24-28(38-44-29(24)18-8-9-18)23-6-4-5-7-27(23)43-32(34,35)36/h4-7,10-11,13,16-18,20-21H,3,8-9,12,14-15H2,1-2H3,(H,40,41)/t17-,20+,21+/m0/s1. The maximum atomic E-state index is 14.7. The summed E-state index contributed by atoms with van der Waals surface area (Å²) in [6, 6.07) is 9.77. The van der Waals surface area contributed by atoms with E-state index < -0.39 is 18.1 Å². The summed E-state index contributed by atoms with van der Waals surface area (Å²) in [5.74, 6) is -1.40. The number of aromatic carboxylic acids is 1. The molecule has 1 N–H and O–H groups in total. The maximum absolute atomic E-state index is 14.7. The molecule has 1 saturated heterocycles. The predicted molar refractivity (Wildman–Crippen MR) is 159 cm³/mol. The van der Waals surface area contributed by atoms with Gasteiger partial charge in [0.25, 0.3) is 0 Å². The molecule has 0 unspecified atom stereocenters. The minimum atomic E-state index is -4.85. The molecule has 0 amide bonds. The van der Waals surface area contributed by atoms with Crippen molar-refractivity contribution in [3.63, 3.8) is 0 Å². The lowest BCUT2D eigenvalue weighted by atomic mass is 9.92. The summed E-state index contributed by atoms with van der Waals surface area (Å²) < 4.78 is 70.6. The average Bonchev–Trinajstić information content (AvgIpc) is 3.57. The van der Waals surface area contributed by atoms with E-state index in [2.05, 4.69) is 28.6 Å². The van der Waals surface area contributed by atoms with Gasteiger partial charge in [-0.05, 0) is 69.4 Å². The Morgan fingerprint density at radius 3 is 2.62 bits per heavy atom. The van der Waals surface area contributed by atoms with Gasteiger partial charge in [0.15, 0.2) is 5.13 Å². The molecule has 1 aliphatic carbocycles. The van der Waals surface area contributed by atoms with Crippen LogP contribution in [0.15, 0.2) is 52.4 Å². The zero-order chi connectivity index (χ0) is 31.9. The number of carbonyl (C=O) groups is 1. The van der Waals surface area contributed by atoms with Crippen LogP contribution in [0.3, 0.4) is 0 Å². The van der Waals surface area contributed by atoms with Gasteiger partial charge in [0.1, 0.15) is 23.0 Å². The summed E-state index contributed by atoms with van der Waals surface area (Å²) in [4.78, 5) is 18.1. The van der Waals surface area contributed by atoms with Crippen LogP contribution < -0.4 is 9.64 Å². The number of thiazole rings is 1. The van der Waals surface area contributed by atoms with Crippen molar-refractivity contribution in [2.45, 2.75) is 83.0 Å². The van der Waals surface area contributed by atoms with Crippen molar-refractivity contribution in [3.05, 3.63) is 70.5 Å². The van der Waals surface area contributed by atoms with Crippen LogP contribution in [-0.2, 0) is 11.3 Å². The summed E-state index contributed by atoms with van der Waals surface area (Å²) in [5, 5.41) is 15.8. The van der Waals surface area contributed by atoms with Gasteiger partial charge in [-0.15, -0.1) is 24.5 Å². The van der Waals surface area contributed by atoms with Crippen molar-refractivity contribution in [1.29, 1.82) is 0 Å². The van der Waals surface area contributed by atoms with Gasteiger partial charge >= 0.3 is 12.3 Å². The summed E-state index contributed by atoms with van der Waals surface area (Å²) in [5.41, 5.74) is 1.65. The molecule has 238 valence electrons. The molecule has 2 fully saturated rings. The summed E-state index contributed by atoms with van der Waals surface area (Å²) >= 11 is 1.40. The third-order valence-electron chi connectivity index (χ3n) is 8.28. The fourth-order valence-corrected chi connectivity index (χ4v) is 6.99. The van der Waals surface area contributed by atoms with E-state index in [0.29, 0.717) is 29.9 Å². The van der Waals surface area contributed by atoms with Gasteiger partial charge in [0, 0.05) is 40.1 Å². The first-order valence-electron chi connectivity index (χ1n) is 14.7. The number of halogens is 4. The van der Waals surface area contributed by atoms with Gasteiger partial charge in [0.2, 0.25) is 0 Å². The van der Waals surface area contributed by atoms with Gasteiger partial charge in [-0.2, -0.15) is 0 Å². The highest BCUT2D eigenvalue weighted by atomic mass is 32.1. The lowest BCUT2D eigenvalue weighted by molar-refractivity contribution is -0.274. The highest BCUT2D eigenvalue weighted by molar-refractivity contribution is 7.14. The second kappa shape index (κ2) is 12.4. The van der Waals surface area contributed by atoms with E-state index in [4.69, 9.17) is 19.4 Å². The third-order valence-corrected chi connectivity index (χ3v) is 9.14. The first-order valence-corrected chi connectivity index (χ1v) is 15.6. The number of benzene rings is 2. The zero-order valence-electron chi connectivity index (χ0n) is 24.5. The zero-order valence-corrected chi connectivity index (χ0v) is 25.3. The number of piperidine rings is 1. The molecule has 45 heavy (non-hydrogen) atoms. The van der Waals surface area contributed by atoms with E-state index >= 15 is 0 Å². The number of carboxylic acid groups (broad SMARTS) is 1. The fraction of sp³-hybridized carbons (Fsp3) is 0.406. The van der Waals surface area contributed by atoms with Crippen molar-refractivity contribution < 1.29 is 41.5 Å². The molecular formula is C32H31F4N3O5S. The lowest BCUT2D eigenvalue weighted by Crippen LogP contribution is -2.50. The Morgan fingerprint density at radius 1 is 1.16 bits per heavy atom. The predicted octanol–water partition coefficient (Wildman–Crippen LogP) is 8.43. The van der Waals surface area contributed by atoms with E-state index in [1.54, 1.807) is 11.4 Å². The first kappa shape index (κ1) is 31.0. The molecule has 2 aromatic carbocycles. The van der Waals surface area contributed by atoms with Crippen LogP contribution in [0.4, 0.5) is 22.7 Å². The highest BCUT2D eigenvalue weighted by Crippen LogP contribution is 2.46. The van der Waals surface area contributed by atoms with Gasteiger partial charge in [-0.3, -0.25) is 0 Å². The SMILES string of the molecule is CC[C@@H]1C[C@H](OCc2c(-c3ccccc3OC(F)(F)F)noc2C2CC2)C[C@H](C)N1c1nc(-c2ccc(C(=O)O)cc2F)cs1. The molecule has 3 atom stereocenters. The van der Waals surface area contributed by atoms with Crippen LogP contribution in [0.5, 0.6) is 5.75 Å². The van der Waals surface area contributed by atoms with Gasteiger partial charge in [0.05, 0.1) is 24.0 Å². The quantitative estimate of drug-likeness (QED) is 0.172. The number of alkyl halides is 3. The van der Waals surface area contributed by atoms with Crippen molar-refractivity contribution in [1.82, 2.24) is 10.1 Å². The monoisotopic (exact) mass is 645 g/mol. The Labute approximate surface area is 260 Å². The Bertz CT molecular complexity index is 1690. The molecule has 0 bridgehead atoms. The van der Waals surface area contributed by atoms with Crippen LogP contribution in [0, 0.1) is 5.82 Å². The minimum absolute atomic E-state index is 0.0256. The number of para-hydroxylation sites is 1. The van der Waals surface area contributed by atoms with E-state index in [1.165, 1.54) is 41.7 Å². The third kappa shape index (κ3) is 6.69. The second-order valence-electron chi connectivity index (χ2n) is 11.4. The molecule has 0 radical (unpaired) electrons. The largest absolute Gasteiger partial charge is 0.573 e. The topological polar surface area (TPSA) is 97.9 Å². The summed E-state index contributed by atoms with van der Waals surface area (Å²) in [6.07, 6.45) is -1.01. The van der Waals surface area contributed by atoms with E-state index in [1.807, 2.05) is 0 Å². The van der Waals surface area contributed by atoms with Gasteiger partial charge < -0.3 is 24.0 Å². The van der Waals surface area contributed by atoms with E-state index in [0.717, 1.165) is 30.5 Å². The van der Waals surface area contributed by atoms with Crippen LogP contribution in [-0.4, -0.2) is 45.8 Å². The smallest absolute Gasteiger partial charge is 0.478 e. The Balaban J connectivity index is 1.19. The van der Waals surface area contributed by atoms with Crippen molar-refractivity contribution in [2.24, 2.45) is 0 Å². The minimum Gasteiger partial charge on any atom is -0.478 e. The number of nitrogens with zero attached hydrogens (tertiary/aromatic N) is 3. The fourth-order valence-electron chi connectivity index (χ4n) is 5.99. The van der Waals surface area contributed by atoms with Crippen molar-refractivity contribution in [3.8, 4) is 28.3 Å².